The van der Waals surface area contributed by atoms with Crippen LogP contribution in [0.5, 0.6) is 0 Å². The minimum Gasteiger partial charge on any atom is -0.448 e. The first-order valence-corrected chi connectivity index (χ1v) is 9.53. The lowest BCUT2D eigenvalue weighted by molar-refractivity contribution is -0.383. The van der Waals surface area contributed by atoms with Gasteiger partial charge in [0.1, 0.15) is 11.3 Å². The number of nitrogens with zero attached hydrogens (tertiary/aromatic N) is 1. The second-order valence-corrected chi connectivity index (χ2v) is 7.03. The maximum Gasteiger partial charge on any atom is 0.375 e. The van der Waals surface area contributed by atoms with Gasteiger partial charge in [0, 0.05) is 22.4 Å². The zero-order chi connectivity index (χ0) is 22.1. The molecule has 1 amide bonds. The van der Waals surface area contributed by atoms with Crippen molar-refractivity contribution in [2.45, 2.75) is 20.0 Å². The second kappa shape index (κ2) is 7.91. The molecule has 0 aliphatic heterocycles. The molecule has 1 atom stereocenters. The first-order valence-electron chi connectivity index (χ1n) is 9.53. The summed E-state index contributed by atoms with van der Waals surface area (Å²) in [5.41, 5.74) is 0.942. The highest BCUT2D eigenvalue weighted by Crippen LogP contribution is 2.32. The van der Waals surface area contributed by atoms with Crippen LogP contribution in [0.1, 0.15) is 23.0 Å². The molecule has 156 valence electrons. The topological polar surface area (TPSA) is 112 Å². The molecule has 0 aliphatic carbocycles. The Morgan fingerprint density at radius 1 is 1.03 bits per heavy atom. The van der Waals surface area contributed by atoms with E-state index in [1.165, 1.54) is 25.1 Å². The van der Waals surface area contributed by atoms with Gasteiger partial charge in [0.25, 0.3) is 11.6 Å². The lowest BCUT2D eigenvalue weighted by atomic mass is 10.1. The highest BCUT2D eigenvalue weighted by molar-refractivity contribution is 6.08. The molecule has 4 aromatic rings. The minimum absolute atomic E-state index is 0.0108. The van der Waals surface area contributed by atoms with Gasteiger partial charge in [-0.25, -0.2) is 4.79 Å². The van der Waals surface area contributed by atoms with Crippen LogP contribution in [-0.2, 0) is 9.53 Å². The highest BCUT2D eigenvalue weighted by Gasteiger charge is 2.26. The number of fused-ring (bicyclic) bond motifs is 3. The monoisotopic (exact) mass is 418 g/mol. The van der Waals surface area contributed by atoms with Crippen molar-refractivity contribution in [3.63, 3.8) is 0 Å². The van der Waals surface area contributed by atoms with Crippen LogP contribution < -0.4 is 5.32 Å². The Kier molecular flexibility index (Phi) is 5.12. The Labute approximate surface area is 176 Å². The van der Waals surface area contributed by atoms with E-state index in [0.29, 0.717) is 11.1 Å². The molecule has 4 rings (SSSR count). The Bertz CT molecular complexity index is 1340. The zero-order valence-corrected chi connectivity index (χ0v) is 16.7. The summed E-state index contributed by atoms with van der Waals surface area (Å²) in [6.45, 7) is 3.13. The van der Waals surface area contributed by atoms with E-state index in [4.69, 9.17) is 9.15 Å². The van der Waals surface area contributed by atoms with Gasteiger partial charge < -0.3 is 14.5 Å². The number of rotatable bonds is 5. The highest BCUT2D eigenvalue weighted by atomic mass is 16.6. The van der Waals surface area contributed by atoms with Gasteiger partial charge in [0.15, 0.2) is 6.10 Å². The molecular formula is C23H18N2O6. The number of amides is 1. The fraction of sp³-hybridized carbons (Fsp3) is 0.130. The molecule has 0 unspecified atom stereocenters. The number of carbonyl (C=O) groups is 2. The largest absolute Gasteiger partial charge is 0.448 e. The number of furan rings is 1. The van der Waals surface area contributed by atoms with Crippen molar-refractivity contribution in [1.82, 2.24) is 0 Å². The quantitative estimate of drug-likeness (QED) is 0.278. The summed E-state index contributed by atoms with van der Waals surface area (Å²) in [7, 11) is 0. The maximum atomic E-state index is 12.7. The molecule has 31 heavy (non-hydrogen) atoms. The third-order valence-electron chi connectivity index (χ3n) is 5.03. The molecule has 1 heterocycles. The smallest absolute Gasteiger partial charge is 0.375 e. The molecule has 8 nitrogen and oxygen atoms in total. The Hall–Kier alpha value is -4.20. The fourth-order valence-corrected chi connectivity index (χ4v) is 3.38. The van der Waals surface area contributed by atoms with Gasteiger partial charge in [-0.2, -0.15) is 0 Å². The van der Waals surface area contributed by atoms with E-state index in [1.807, 2.05) is 36.4 Å². The van der Waals surface area contributed by atoms with Crippen molar-refractivity contribution in [2.24, 2.45) is 0 Å². The van der Waals surface area contributed by atoms with Crippen LogP contribution in [-0.4, -0.2) is 22.9 Å². The van der Waals surface area contributed by atoms with Crippen LogP contribution in [0.15, 0.2) is 65.1 Å². The fourth-order valence-electron chi connectivity index (χ4n) is 3.38. The summed E-state index contributed by atoms with van der Waals surface area (Å²) in [5.74, 6) is -1.47. The first-order chi connectivity index (χ1) is 14.9. The summed E-state index contributed by atoms with van der Waals surface area (Å²) < 4.78 is 11.1. The standard InChI is InChI=1S/C23H18N2O6/c1-13-16-12-11-15-7-3-4-8-17(15)21(16)31-20(13)23(27)30-14(2)22(26)24-18-9-5-6-10-19(18)25(28)29/h3-12,14H,1-2H3,(H,24,26)/t14-/m0/s1. The number of hydrogen-bond donors (Lipinski definition) is 1. The van der Waals surface area contributed by atoms with E-state index in [1.54, 1.807) is 13.0 Å². The van der Waals surface area contributed by atoms with Crippen LogP contribution in [0, 0.1) is 17.0 Å². The average molecular weight is 418 g/mol. The molecular weight excluding hydrogens is 400 g/mol. The number of nitro benzene ring substituents is 1. The van der Waals surface area contributed by atoms with E-state index in [0.717, 1.165) is 16.2 Å². The van der Waals surface area contributed by atoms with Gasteiger partial charge in [0.05, 0.1) is 4.92 Å². The van der Waals surface area contributed by atoms with Crippen molar-refractivity contribution in [1.29, 1.82) is 0 Å². The van der Waals surface area contributed by atoms with Crippen LogP contribution in [0.4, 0.5) is 11.4 Å². The van der Waals surface area contributed by atoms with Gasteiger partial charge in [0.2, 0.25) is 5.76 Å². The first kappa shape index (κ1) is 20.1. The number of anilines is 1. The maximum absolute atomic E-state index is 12.7. The summed E-state index contributed by atoms with van der Waals surface area (Å²) in [6, 6.07) is 17.2. The zero-order valence-electron chi connectivity index (χ0n) is 16.7. The second-order valence-electron chi connectivity index (χ2n) is 7.03. The molecule has 0 bridgehead atoms. The summed E-state index contributed by atoms with van der Waals surface area (Å²) in [4.78, 5) is 35.7. The Morgan fingerprint density at radius 3 is 2.52 bits per heavy atom. The number of ether oxygens (including phenoxy) is 1. The summed E-state index contributed by atoms with van der Waals surface area (Å²) in [6.07, 6.45) is -1.20. The van der Waals surface area contributed by atoms with E-state index in [-0.39, 0.29) is 17.1 Å². The minimum atomic E-state index is -1.20. The van der Waals surface area contributed by atoms with Gasteiger partial charge in [-0.3, -0.25) is 14.9 Å². The Morgan fingerprint density at radius 2 is 1.74 bits per heavy atom. The normalized spacial score (nSPS) is 11.9. The molecule has 3 aromatic carbocycles. The number of aryl methyl sites for hydroxylation is 1. The molecule has 8 heteroatoms. The van der Waals surface area contributed by atoms with Crippen molar-refractivity contribution >= 4 is 45.0 Å². The third kappa shape index (κ3) is 3.71. The predicted molar refractivity (Wildman–Crippen MR) is 115 cm³/mol. The van der Waals surface area contributed by atoms with E-state index < -0.39 is 22.9 Å². The summed E-state index contributed by atoms with van der Waals surface area (Å²) >= 11 is 0. The predicted octanol–water partition coefficient (Wildman–Crippen LogP) is 4.99. The Balaban J connectivity index is 1.56. The van der Waals surface area contributed by atoms with Crippen molar-refractivity contribution in [2.75, 3.05) is 5.32 Å². The number of hydrogen-bond acceptors (Lipinski definition) is 6. The molecule has 0 aliphatic rings. The number of para-hydroxylation sites is 2. The van der Waals surface area contributed by atoms with Crippen LogP contribution in [0.3, 0.4) is 0 Å². The number of carbonyl (C=O) groups excluding carboxylic acids is 2. The van der Waals surface area contributed by atoms with Crippen molar-refractivity contribution in [3.8, 4) is 0 Å². The molecule has 1 aromatic heterocycles. The van der Waals surface area contributed by atoms with E-state index in [9.17, 15) is 19.7 Å². The lowest BCUT2D eigenvalue weighted by Crippen LogP contribution is -2.30. The van der Waals surface area contributed by atoms with Crippen LogP contribution >= 0.6 is 0 Å². The van der Waals surface area contributed by atoms with Gasteiger partial charge in [-0.05, 0) is 25.3 Å². The molecule has 0 fully saturated rings. The van der Waals surface area contributed by atoms with Crippen molar-refractivity contribution in [3.05, 3.63) is 82.1 Å². The van der Waals surface area contributed by atoms with Gasteiger partial charge in [-0.15, -0.1) is 0 Å². The van der Waals surface area contributed by atoms with Crippen LogP contribution in [0.25, 0.3) is 21.7 Å². The number of benzene rings is 3. The molecule has 0 saturated heterocycles. The van der Waals surface area contributed by atoms with Gasteiger partial charge in [-0.1, -0.05) is 48.5 Å². The van der Waals surface area contributed by atoms with Crippen LogP contribution in [0.2, 0.25) is 0 Å². The van der Waals surface area contributed by atoms with E-state index in [2.05, 4.69) is 5.32 Å². The van der Waals surface area contributed by atoms with Gasteiger partial charge >= 0.3 is 5.97 Å². The molecule has 1 N–H and O–H groups in total. The number of nitro groups is 1. The molecule has 0 radical (unpaired) electrons. The third-order valence-corrected chi connectivity index (χ3v) is 5.03. The van der Waals surface area contributed by atoms with Crippen molar-refractivity contribution < 1.29 is 23.7 Å². The lowest BCUT2D eigenvalue weighted by Gasteiger charge is -2.13. The molecule has 0 saturated carbocycles. The SMILES string of the molecule is Cc1c(C(=O)O[C@@H](C)C(=O)Nc2ccccc2[N+](=O)[O-])oc2c1ccc1ccccc12. The average Bonchev–Trinajstić information content (AvgIpc) is 3.11. The number of nitrogens with one attached hydrogen (secondary N) is 1. The molecule has 0 spiro atoms. The summed E-state index contributed by atoms with van der Waals surface area (Å²) in [5, 5.41) is 16.2. The van der Waals surface area contributed by atoms with E-state index >= 15 is 0 Å². The number of esters is 1.